The van der Waals surface area contributed by atoms with Crippen molar-refractivity contribution in [2.45, 2.75) is 26.3 Å². The highest BCUT2D eigenvalue weighted by Crippen LogP contribution is 2.33. The van der Waals surface area contributed by atoms with Crippen LogP contribution in [0.5, 0.6) is 0 Å². The summed E-state index contributed by atoms with van der Waals surface area (Å²) in [5.41, 5.74) is 1.05. The van der Waals surface area contributed by atoms with E-state index in [-0.39, 0.29) is 0 Å². The zero-order valence-electron chi connectivity index (χ0n) is 10.9. The number of nitrogens with zero attached hydrogens (tertiary/aromatic N) is 1. The summed E-state index contributed by atoms with van der Waals surface area (Å²) in [6.45, 7) is 7.50. The lowest BCUT2D eigenvalue weighted by molar-refractivity contribution is 0.342. The minimum atomic E-state index is 0.527. The van der Waals surface area contributed by atoms with Crippen LogP contribution in [0.1, 0.15) is 20.3 Å². The molecule has 2 unspecified atom stereocenters. The lowest BCUT2D eigenvalue weighted by Crippen LogP contribution is -2.53. The van der Waals surface area contributed by atoms with Crippen LogP contribution in [0.3, 0.4) is 0 Å². The molecule has 0 amide bonds. The zero-order valence-corrected chi connectivity index (χ0v) is 12.4. The fourth-order valence-electron chi connectivity index (χ4n) is 2.40. The molecule has 2 atom stereocenters. The molecule has 100 valence electrons. The van der Waals surface area contributed by atoms with Crippen molar-refractivity contribution in [1.29, 1.82) is 0 Å². The maximum absolute atomic E-state index is 6.29. The fraction of sp³-hybridized carbons (Fsp3) is 0.571. The summed E-state index contributed by atoms with van der Waals surface area (Å²) in [5, 5.41) is 4.89. The fourth-order valence-corrected chi connectivity index (χ4v) is 2.81. The van der Waals surface area contributed by atoms with Gasteiger partial charge in [-0.1, -0.05) is 49.5 Å². The van der Waals surface area contributed by atoms with Crippen molar-refractivity contribution in [3.63, 3.8) is 0 Å². The summed E-state index contributed by atoms with van der Waals surface area (Å²) >= 11 is 12.4. The third-order valence-corrected chi connectivity index (χ3v) is 4.62. The Hall–Kier alpha value is -0.440. The molecule has 1 aromatic carbocycles. The summed E-state index contributed by atoms with van der Waals surface area (Å²) < 4.78 is 0. The number of hydrogen-bond acceptors (Lipinski definition) is 2. The quantitative estimate of drug-likeness (QED) is 0.909. The van der Waals surface area contributed by atoms with E-state index in [4.69, 9.17) is 23.2 Å². The molecule has 18 heavy (non-hydrogen) atoms. The minimum absolute atomic E-state index is 0.527. The standard InChI is InChI=1S/C14H20Cl2N2/c1-3-10(2)12-9-18(8-7-17-12)13-6-4-5-11(15)14(13)16/h4-6,10,12,17H,3,7-9H2,1-2H3. The maximum Gasteiger partial charge on any atom is 0.0825 e. The van der Waals surface area contributed by atoms with Gasteiger partial charge in [0, 0.05) is 25.7 Å². The lowest BCUT2D eigenvalue weighted by Gasteiger charge is -2.38. The van der Waals surface area contributed by atoms with Crippen LogP contribution in [0.4, 0.5) is 5.69 Å². The highest BCUT2D eigenvalue weighted by molar-refractivity contribution is 6.43. The average Bonchev–Trinajstić information content (AvgIpc) is 2.41. The molecule has 0 bridgehead atoms. The Morgan fingerprint density at radius 1 is 1.44 bits per heavy atom. The first-order valence-electron chi connectivity index (χ1n) is 6.55. The molecule has 1 aliphatic rings. The molecule has 0 spiro atoms. The van der Waals surface area contributed by atoms with Gasteiger partial charge in [-0.2, -0.15) is 0 Å². The molecule has 1 aromatic rings. The number of nitrogens with one attached hydrogen (secondary N) is 1. The molecule has 0 radical (unpaired) electrons. The molecule has 0 aliphatic carbocycles. The van der Waals surface area contributed by atoms with Crippen LogP contribution in [0.25, 0.3) is 0 Å². The number of piperazine rings is 1. The maximum atomic E-state index is 6.29. The summed E-state index contributed by atoms with van der Waals surface area (Å²) in [7, 11) is 0. The molecule has 4 heteroatoms. The first-order valence-corrected chi connectivity index (χ1v) is 7.31. The third kappa shape index (κ3) is 2.93. The first kappa shape index (κ1) is 14.0. The van der Waals surface area contributed by atoms with E-state index in [1.54, 1.807) is 0 Å². The second kappa shape index (κ2) is 6.14. The predicted molar refractivity (Wildman–Crippen MR) is 79.9 cm³/mol. The van der Waals surface area contributed by atoms with Gasteiger partial charge in [-0.3, -0.25) is 0 Å². The van der Waals surface area contributed by atoms with Crippen LogP contribution < -0.4 is 10.2 Å². The lowest BCUT2D eigenvalue weighted by atomic mass is 9.97. The van der Waals surface area contributed by atoms with E-state index in [0.29, 0.717) is 22.0 Å². The number of halogens is 2. The highest BCUT2D eigenvalue weighted by Gasteiger charge is 2.24. The molecule has 2 rings (SSSR count). The van der Waals surface area contributed by atoms with Crippen molar-refractivity contribution in [1.82, 2.24) is 5.32 Å². The summed E-state index contributed by atoms with van der Waals surface area (Å²) in [6.07, 6.45) is 1.19. The molecule has 1 fully saturated rings. The van der Waals surface area contributed by atoms with Crippen LogP contribution in [0.2, 0.25) is 10.0 Å². The summed E-state index contributed by atoms with van der Waals surface area (Å²) in [6, 6.07) is 6.37. The molecular formula is C14H20Cl2N2. The van der Waals surface area contributed by atoms with E-state index < -0.39 is 0 Å². The predicted octanol–water partition coefficient (Wildman–Crippen LogP) is 3.82. The van der Waals surface area contributed by atoms with Gasteiger partial charge in [0.05, 0.1) is 15.7 Å². The van der Waals surface area contributed by atoms with Gasteiger partial charge in [-0.05, 0) is 18.1 Å². The van der Waals surface area contributed by atoms with E-state index in [9.17, 15) is 0 Å². The number of benzene rings is 1. The van der Waals surface area contributed by atoms with E-state index in [1.807, 2.05) is 18.2 Å². The Labute approximate surface area is 119 Å². The SMILES string of the molecule is CCC(C)C1CN(c2cccc(Cl)c2Cl)CCN1. The van der Waals surface area contributed by atoms with E-state index in [0.717, 1.165) is 25.3 Å². The van der Waals surface area contributed by atoms with Crippen LogP contribution in [-0.4, -0.2) is 25.7 Å². The van der Waals surface area contributed by atoms with Crippen LogP contribution in [0.15, 0.2) is 18.2 Å². The summed E-state index contributed by atoms with van der Waals surface area (Å²) in [5.74, 6) is 0.672. The Morgan fingerprint density at radius 2 is 2.22 bits per heavy atom. The molecule has 2 nitrogen and oxygen atoms in total. The van der Waals surface area contributed by atoms with Crippen molar-refractivity contribution in [3.05, 3.63) is 28.2 Å². The minimum Gasteiger partial charge on any atom is -0.367 e. The molecule has 1 heterocycles. The van der Waals surface area contributed by atoms with Gasteiger partial charge < -0.3 is 10.2 Å². The highest BCUT2D eigenvalue weighted by atomic mass is 35.5. The van der Waals surface area contributed by atoms with Crippen LogP contribution in [-0.2, 0) is 0 Å². The van der Waals surface area contributed by atoms with Gasteiger partial charge in [0.25, 0.3) is 0 Å². The zero-order chi connectivity index (χ0) is 13.1. The third-order valence-electron chi connectivity index (χ3n) is 3.81. The van der Waals surface area contributed by atoms with Gasteiger partial charge in [-0.25, -0.2) is 0 Å². The van der Waals surface area contributed by atoms with E-state index in [2.05, 4.69) is 24.1 Å². The normalized spacial score (nSPS) is 22.0. The van der Waals surface area contributed by atoms with Crippen LogP contribution >= 0.6 is 23.2 Å². The number of rotatable bonds is 3. The molecule has 1 aliphatic heterocycles. The molecular weight excluding hydrogens is 267 g/mol. The monoisotopic (exact) mass is 286 g/mol. The number of anilines is 1. The second-order valence-corrected chi connectivity index (χ2v) is 5.75. The van der Waals surface area contributed by atoms with Gasteiger partial charge in [0.2, 0.25) is 0 Å². The van der Waals surface area contributed by atoms with E-state index in [1.165, 1.54) is 6.42 Å². The van der Waals surface area contributed by atoms with Crippen molar-refractivity contribution >= 4 is 28.9 Å². The van der Waals surface area contributed by atoms with Gasteiger partial charge in [-0.15, -0.1) is 0 Å². The van der Waals surface area contributed by atoms with Crippen molar-refractivity contribution < 1.29 is 0 Å². The Bertz CT molecular complexity index is 409. The topological polar surface area (TPSA) is 15.3 Å². The molecule has 1 saturated heterocycles. The second-order valence-electron chi connectivity index (χ2n) is 4.97. The largest absolute Gasteiger partial charge is 0.367 e. The summed E-state index contributed by atoms with van der Waals surface area (Å²) in [4.78, 5) is 2.33. The van der Waals surface area contributed by atoms with E-state index >= 15 is 0 Å². The first-order chi connectivity index (χ1) is 8.63. The molecule has 1 N–H and O–H groups in total. The van der Waals surface area contributed by atoms with Crippen molar-refractivity contribution in [2.24, 2.45) is 5.92 Å². The average molecular weight is 287 g/mol. The molecule has 0 saturated carbocycles. The smallest absolute Gasteiger partial charge is 0.0825 e. The Morgan fingerprint density at radius 3 is 2.94 bits per heavy atom. The van der Waals surface area contributed by atoms with Gasteiger partial charge in [0.1, 0.15) is 0 Å². The van der Waals surface area contributed by atoms with Gasteiger partial charge >= 0.3 is 0 Å². The van der Waals surface area contributed by atoms with Crippen molar-refractivity contribution in [3.8, 4) is 0 Å². The molecule has 0 aromatic heterocycles. The number of hydrogen-bond donors (Lipinski definition) is 1. The Kier molecular flexibility index (Phi) is 4.77. The van der Waals surface area contributed by atoms with Crippen LogP contribution in [0, 0.1) is 5.92 Å². The Balaban J connectivity index is 2.15. The van der Waals surface area contributed by atoms with Crippen molar-refractivity contribution in [2.75, 3.05) is 24.5 Å². The van der Waals surface area contributed by atoms with Gasteiger partial charge in [0.15, 0.2) is 0 Å².